The molecule has 2 N–H and O–H groups in total. The zero-order valence-corrected chi connectivity index (χ0v) is 11.5. The summed E-state index contributed by atoms with van der Waals surface area (Å²) in [6, 6.07) is 0. The lowest BCUT2D eigenvalue weighted by Gasteiger charge is -2.47. The van der Waals surface area contributed by atoms with E-state index in [0.717, 1.165) is 6.92 Å². The molecule has 0 heterocycles. The predicted molar refractivity (Wildman–Crippen MR) is 65.1 cm³/mol. The Kier molecular flexibility index (Phi) is 5.44. The Morgan fingerprint density at radius 3 is 1.83 bits per heavy atom. The van der Waals surface area contributed by atoms with Crippen molar-refractivity contribution >= 4 is 0 Å². The maximum absolute atomic E-state index is 13.3. The van der Waals surface area contributed by atoms with E-state index in [4.69, 9.17) is 0 Å². The third kappa shape index (κ3) is 3.06. The fraction of sp³-hybridized carbons (Fsp3) is 0.846. The van der Waals surface area contributed by atoms with E-state index in [1.54, 1.807) is 6.92 Å². The molecule has 0 saturated heterocycles. The lowest BCUT2D eigenvalue weighted by molar-refractivity contribution is -0.283. The summed E-state index contributed by atoms with van der Waals surface area (Å²) in [6.07, 6.45) is -3.72. The number of hydrogen-bond acceptors (Lipinski definition) is 2. The van der Waals surface area contributed by atoms with Gasteiger partial charge in [-0.1, -0.05) is 26.0 Å². The summed E-state index contributed by atoms with van der Waals surface area (Å²) in [4.78, 5) is 0. The highest BCUT2D eigenvalue weighted by Crippen LogP contribution is 2.52. The Balaban J connectivity index is 5.82. The van der Waals surface area contributed by atoms with Gasteiger partial charge in [0, 0.05) is 0 Å². The number of alkyl halides is 3. The van der Waals surface area contributed by atoms with E-state index in [1.807, 2.05) is 0 Å². The fourth-order valence-electron chi connectivity index (χ4n) is 2.36. The van der Waals surface area contributed by atoms with Gasteiger partial charge < -0.3 is 10.2 Å². The number of hydrogen-bond donors (Lipinski definition) is 2. The maximum Gasteiger partial charge on any atom is 0.397 e. The normalized spacial score (nSPS) is 21.9. The average molecular weight is 268 g/mol. The maximum atomic E-state index is 13.3. The Morgan fingerprint density at radius 2 is 1.61 bits per heavy atom. The first-order chi connectivity index (χ1) is 7.92. The van der Waals surface area contributed by atoms with E-state index in [2.05, 4.69) is 0 Å². The summed E-state index contributed by atoms with van der Waals surface area (Å²) in [6.45, 7) is 6.88. The van der Waals surface area contributed by atoms with Crippen LogP contribution < -0.4 is 0 Å². The summed E-state index contributed by atoms with van der Waals surface area (Å²) in [5.41, 5.74) is -4.44. The second-order valence-corrected chi connectivity index (χ2v) is 5.36. The minimum Gasteiger partial charge on any atom is -0.393 e. The lowest BCUT2D eigenvalue weighted by Crippen LogP contribution is -2.58. The molecule has 0 aliphatic heterocycles. The van der Waals surface area contributed by atoms with Gasteiger partial charge in [0.15, 0.2) is 0 Å². The number of aliphatic hydroxyl groups is 2. The van der Waals surface area contributed by atoms with Crippen LogP contribution in [0.25, 0.3) is 0 Å². The zero-order valence-electron chi connectivity index (χ0n) is 11.5. The van der Waals surface area contributed by atoms with Crippen LogP contribution in [0.1, 0.15) is 41.0 Å². The van der Waals surface area contributed by atoms with Crippen molar-refractivity contribution in [3.05, 3.63) is 12.2 Å². The van der Waals surface area contributed by atoms with Gasteiger partial charge in [-0.3, -0.25) is 0 Å². The predicted octanol–water partition coefficient (Wildman–Crippen LogP) is 3.29. The van der Waals surface area contributed by atoms with Gasteiger partial charge in [0.25, 0.3) is 0 Å². The Labute approximate surface area is 107 Å². The van der Waals surface area contributed by atoms with Crippen LogP contribution in [-0.2, 0) is 0 Å². The summed E-state index contributed by atoms with van der Waals surface area (Å²) in [7, 11) is 0. The quantitative estimate of drug-likeness (QED) is 0.751. The first-order valence-corrected chi connectivity index (χ1v) is 6.03. The smallest absolute Gasteiger partial charge is 0.393 e. The van der Waals surface area contributed by atoms with Crippen molar-refractivity contribution in [1.82, 2.24) is 0 Å². The monoisotopic (exact) mass is 268 g/mol. The molecule has 0 bridgehead atoms. The molecule has 0 aromatic carbocycles. The van der Waals surface area contributed by atoms with E-state index < -0.39 is 35.6 Å². The first kappa shape index (κ1) is 17.4. The number of aliphatic hydroxyl groups excluding tert-OH is 1. The summed E-state index contributed by atoms with van der Waals surface area (Å²) in [5, 5.41) is 19.8. The molecule has 2 nitrogen and oxygen atoms in total. The van der Waals surface area contributed by atoms with E-state index in [1.165, 1.54) is 32.9 Å². The van der Waals surface area contributed by atoms with Gasteiger partial charge in [-0.15, -0.1) is 0 Å². The molecule has 0 aliphatic rings. The number of allylic oxidation sites excluding steroid dienone is 1. The standard InChI is InChI=1S/C13H23F3O2/c1-6-7-12(18,9(2)3)11(5,8-10(4)17)13(14,15)16/h6-7,9-10,17-18H,8H2,1-5H3/b7-6+/t10-,11+,12-/m0/s1. The fourth-order valence-corrected chi connectivity index (χ4v) is 2.36. The second-order valence-electron chi connectivity index (χ2n) is 5.36. The van der Waals surface area contributed by atoms with Gasteiger partial charge in [0.05, 0.1) is 17.1 Å². The first-order valence-electron chi connectivity index (χ1n) is 6.03. The minimum atomic E-state index is -4.61. The van der Waals surface area contributed by atoms with Crippen LogP contribution in [0.4, 0.5) is 13.2 Å². The minimum absolute atomic E-state index is 0.546. The lowest BCUT2D eigenvalue weighted by atomic mass is 9.64. The molecule has 0 saturated carbocycles. The van der Waals surface area contributed by atoms with Gasteiger partial charge in [-0.05, 0) is 33.1 Å². The van der Waals surface area contributed by atoms with Crippen LogP contribution in [0.15, 0.2) is 12.2 Å². The molecule has 0 unspecified atom stereocenters. The Morgan fingerprint density at radius 1 is 1.17 bits per heavy atom. The van der Waals surface area contributed by atoms with Crippen LogP contribution >= 0.6 is 0 Å². The van der Waals surface area contributed by atoms with Crippen molar-refractivity contribution in [2.45, 2.75) is 58.9 Å². The van der Waals surface area contributed by atoms with E-state index in [0.29, 0.717) is 0 Å². The molecular weight excluding hydrogens is 245 g/mol. The molecule has 0 aromatic heterocycles. The molecule has 5 heteroatoms. The van der Waals surface area contributed by atoms with Gasteiger partial charge >= 0.3 is 6.18 Å². The Bertz CT molecular complexity index is 297. The van der Waals surface area contributed by atoms with E-state index >= 15 is 0 Å². The summed E-state index contributed by atoms with van der Waals surface area (Å²) in [5.74, 6) is -0.626. The molecule has 0 aromatic rings. The molecule has 0 aliphatic carbocycles. The third-order valence-corrected chi connectivity index (χ3v) is 3.51. The molecule has 0 spiro atoms. The third-order valence-electron chi connectivity index (χ3n) is 3.51. The zero-order chi connectivity index (χ0) is 14.8. The molecule has 0 amide bonds. The van der Waals surface area contributed by atoms with Crippen LogP contribution in [0.5, 0.6) is 0 Å². The summed E-state index contributed by atoms with van der Waals surface area (Å²) < 4.78 is 40.0. The van der Waals surface area contributed by atoms with Crippen molar-refractivity contribution in [2.75, 3.05) is 0 Å². The SMILES string of the molecule is C/C=C/[C@](O)(C(C)C)[C@@](C)(C[C@H](C)O)C(F)(F)F. The van der Waals surface area contributed by atoms with Gasteiger partial charge in [-0.25, -0.2) is 0 Å². The summed E-state index contributed by atoms with van der Waals surface area (Å²) >= 11 is 0. The molecular formula is C13H23F3O2. The molecule has 3 atom stereocenters. The van der Waals surface area contributed by atoms with Gasteiger partial charge in [-0.2, -0.15) is 13.2 Å². The van der Waals surface area contributed by atoms with Crippen LogP contribution in [-0.4, -0.2) is 28.1 Å². The van der Waals surface area contributed by atoms with Crippen molar-refractivity contribution in [1.29, 1.82) is 0 Å². The highest BCUT2D eigenvalue weighted by Gasteiger charge is 2.63. The van der Waals surface area contributed by atoms with E-state index in [9.17, 15) is 23.4 Å². The van der Waals surface area contributed by atoms with Crippen LogP contribution in [0.2, 0.25) is 0 Å². The largest absolute Gasteiger partial charge is 0.397 e. The highest BCUT2D eigenvalue weighted by molar-refractivity contribution is 5.13. The Hall–Kier alpha value is -0.550. The molecule has 0 rings (SSSR count). The van der Waals surface area contributed by atoms with Crippen molar-refractivity contribution in [2.24, 2.45) is 11.3 Å². The van der Waals surface area contributed by atoms with Crippen molar-refractivity contribution in [3.8, 4) is 0 Å². The van der Waals surface area contributed by atoms with Crippen molar-refractivity contribution in [3.63, 3.8) is 0 Å². The molecule has 108 valence electrons. The van der Waals surface area contributed by atoms with Crippen molar-refractivity contribution < 1.29 is 23.4 Å². The molecule has 18 heavy (non-hydrogen) atoms. The average Bonchev–Trinajstić information content (AvgIpc) is 2.14. The van der Waals surface area contributed by atoms with Gasteiger partial charge in [0.2, 0.25) is 0 Å². The van der Waals surface area contributed by atoms with Crippen LogP contribution in [0.3, 0.4) is 0 Å². The van der Waals surface area contributed by atoms with E-state index in [-0.39, 0.29) is 0 Å². The molecule has 0 fully saturated rings. The highest BCUT2D eigenvalue weighted by atomic mass is 19.4. The van der Waals surface area contributed by atoms with Crippen LogP contribution in [0, 0.1) is 11.3 Å². The topological polar surface area (TPSA) is 40.5 Å². The second kappa shape index (κ2) is 5.61. The number of rotatable bonds is 5. The van der Waals surface area contributed by atoms with Gasteiger partial charge in [0.1, 0.15) is 0 Å². The molecule has 0 radical (unpaired) electrons. The number of halogens is 3.